The van der Waals surface area contributed by atoms with Gasteiger partial charge in [-0.3, -0.25) is 9.59 Å². The van der Waals surface area contributed by atoms with Gasteiger partial charge in [-0.15, -0.1) is 11.3 Å². The van der Waals surface area contributed by atoms with Crippen LogP contribution in [0.2, 0.25) is 0 Å². The highest BCUT2D eigenvalue weighted by Crippen LogP contribution is 2.34. The van der Waals surface area contributed by atoms with Crippen LogP contribution in [0, 0.1) is 0 Å². The van der Waals surface area contributed by atoms with Gasteiger partial charge in [-0.25, -0.2) is 0 Å². The molecule has 23 heavy (non-hydrogen) atoms. The summed E-state index contributed by atoms with van der Waals surface area (Å²) in [5.41, 5.74) is 0.664. The molecule has 1 fully saturated rings. The fourth-order valence-electron chi connectivity index (χ4n) is 2.99. The van der Waals surface area contributed by atoms with Crippen molar-refractivity contribution in [2.75, 3.05) is 6.54 Å². The van der Waals surface area contributed by atoms with E-state index in [4.69, 9.17) is 0 Å². The first-order valence-corrected chi connectivity index (χ1v) is 9.44. The number of carbonyl (C=O) groups is 2. The van der Waals surface area contributed by atoms with Gasteiger partial charge in [-0.2, -0.15) is 0 Å². The highest BCUT2D eigenvalue weighted by atomic mass is 79.9. The molecule has 1 atom stereocenters. The molecule has 1 saturated heterocycles. The van der Waals surface area contributed by atoms with Crippen LogP contribution in [0.3, 0.4) is 0 Å². The van der Waals surface area contributed by atoms with E-state index in [-0.39, 0.29) is 30.6 Å². The molecule has 1 amide bonds. The molecule has 2 heterocycles. The summed E-state index contributed by atoms with van der Waals surface area (Å²) in [6.07, 6.45) is 2.62. The van der Waals surface area contributed by atoms with E-state index in [9.17, 15) is 9.59 Å². The molecule has 0 saturated carbocycles. The minimum Gasteiger partial charge on any atom is -0.335 e. The van der Waals surface area contributed by atoms with Crippen molar-refractivity contribution in [3.8, 4) is 0 Å². The smallest absolute Gasteiger partial charge is 0.223 e. The Morgan fingerprint density at radius 2 is 1.96 bits per heavy atom. The summed E-state index contributed by atoms with van der Waals surface area (Å²) in [6, 6.07) is 11.6. The lowest BCUT2D eigenvalue weighted by atomic mass is 10.1. The predicted molar refractivity (Wildman–Crippen MR) is 95.7 cm³/mol. The summed E-state index contributed by atoms with van der Waals surface area (Å²) in [5.74, 6) is 0.115. The van der Waals surface area contributed by atoms with Gasteiger partial charge in [-0.1, -0.05) is 34.1 Å². The van der Waals surface area contributed by atoms with Crippen molar-refractivity contribution >= 4 is 39.0 Å². The van der Waals surface area contributed by atoms with E-state index in [1.165, 1.54) is 4.88 Å². The van der Waals surface area contributed by atoms with Crippen LogP contribution in [0.1, 0.15) is 47.0 Å². The van der Waals surface area contributed by atoms with Crippen LogP contribution < -0.4 is 0 Å². The van der Waals surface area contributed by atoms with Crippen LogP contribution in [0.15, 0.2) is 46.3 Å². The Morgan fingerprint density at radius 1 is 1.17 bits per heavy atom. The number of hydrogen-bond acceptors (Lipinski definition) is 3. The van der Waals surface area contributed by atoms with Gasteiger partial charge in [0.2, 0.25) is 5.91 Å². The molecule has 0 radical (unpaired) electrons. The van der Waals surface area contributed by atoms with Gasteiger partial charge in [0.05, 0.1) is 6.04 Å². The van der Waals surface area contributed by atoms with E-state index < -0.39 is 0 Å². The lowest BCUT2D eigenvalue weighted by Gasteiger charge is -2.23. The zero-order valence-electron chi connectivity index (χ0n) is 12.7. The number of rotatable bonds is 5. The molecule has 1 unspecified atom stereocenters. The Bertz CT molecular complexity index is 682. The van der Waals surface area contributed by atoms with E-state index in [1.54, 1.807) is 23.5 Å². The topological polar surface area (TPSA) is 37.4 Å². The second kappa shape index (κ2) is 7.41. The summed E-state index contributed by atoms with van der Waals surface area (Å²) in [4.78, 5) is 27.9. The minimum absolute atomic E-state index is 0.0257. The van der Waals surface area contributed by atoms with Gasteiger partial charge in [0, 0.05) is 34.3 Å². The third-order valence-electron chi connectivity index (χ3n) is 4.18. The number of amides is 1. The zero-order chi connectivity index (χ0) is 16.2. The molecule has 5 heteroatoms. The van der Waals surface area contributed by atoms with Crippen molar-refractivity contribution in [2.24, 2.45) is 0 Å². The molecule has 1 aromatic heterocycles. The summed E-state index contributed by atoms with van der Waals surface area (Å²) in [7, 11) is 0. The number of carbonyl (C=O) groups excluding carboxylic acids is 2. The monoisotopic (exact) mass is 391 g/mol. The van der Waals surface area contributed by atoms with Gasteiger partial charge in [0.15, 0.2) is 5.78 Å². The van der Waals surface area contributed by atoms with Crippen LogP contribution in [-0.4, -0.2) is 23.1 Å². The second-order valence-corrected chi connectivity index (χ2v) is 7.59. The van der Waals surface area contributed by atoms with Crippen LogP contribution in [0.5, 0.6) is 0 Å². The normalized spacial score (nSPS) is 17.4. The standard InChI is InChI=1S/C18H18BrNO2S/c19-14-7-5-13(6-8-14)16(21)9-10-18(22)20-11-1-3-15(20)17-4-2-12-23-17/h2,4-8,12,15H,1,3,9-11H2. The van der Waals surface area contributed by atoms with Gasteiger partial charge in [-0.05, 0) is 36.4 Å². The fourth-order valence-corrected chi connectivity index (χ4v) is 4.12. The number of halogens is 1. The lowest BCUT2D eigenvalue weighted by Crippen LogP contribution is -2.30. The maximum absolute atomic E-state index is 12.5. The van der Waals surface area contributed by atoms with Crippen LogP contribution in [-0.2, 0) is 4.79 Å². The van der Waals surface area contributed by atoms with E-state index in [2.05, 4.69) is 22.0 Å². The molecule has 0 N–H and O–H groups in total. The number of Topliss-reactive ketones (excluding diaryl/α,β-unsaturated/α-hetero) is 1. The SMILES string of the molecule is O=C(CCC(=O)N1CCCC1c1cccs1)c1ccc(Br)cc1. The minimum atomic E-state index is 0.0257. The maximum atomic E-state index is 12.5. The number of ketones is 1. The van der Waals surface area contributed by atoms with E-state index in [0.29, 0.717) is 5.56 Å². The molecule has 3 nitrogen and oxygen atoms in total. The average Bonchev–Trinajstić information content (AvgIpc) is 3.23. The van der Waals surface area contributed by atoms with Crippen molar-refractivity contribution < 1.29 is 9.59 Å². The third kappa shape index (κ3) is 3.90. The van der Waals surface area contributed by atoms with Crippen molar-refractivity contribution in [1.82, 2.24) is 4.90 Å². The van der Waals surface area contributed by atoms with Crippen LogP contribution in [0.4, 0.5) is 0 Å². The van der Waals surface area contributed by atoms with Gasteiger partial charge < -0.3 is 4.90 Å². The molecular formula is C18H18BrNO2S. The molecule has 3 rings (SSSR count). The number of nitrogens with zero attached hydrogens (tertiary/aromatic N) is 1. The number of hydrogen-bond donors (Lipinski definition) is 0. The first-order chi connectivity index (χ1) is 11.1. The Balaban J connectivity index is 1.58. The molecular weight excluding hydrogens is 374 g/mol. The molecule has 0 bridgehead atoms. The quantitative estimate of drug-likeness (QED) is 0.683. The second-order valence-electron chi connectivity index (χ2n) is 5.69. The fraction of sp³-hybridized carbons (Fsp3) is 0.333. The summed E-state index contributed by atoms with van der Waals surface area (Å²) < 4.78 is 0.945. The Morgan fingerprint density at radius 3 is 2.65 bits per heavy atom. The number of thiophene rings is 1. The molecule has 1 aromatic carbocycles. The molecule has 0 spiro atoms. The van der Waals surface area contributed by atoms with Crippen LogP contribution >= 0.6 is 27.3 Å². The van der Waals surface area contributed by atoms with E-state index in [0.717, 1.165) is 23.9 Å². The first-order valence-electron chi connectivity index (χ1n) is 7.77. The number of likely N-dealkylation sites (tertiary alicyclic amines) is 1. The van der Waals surface area contributed by atoms with E-state index in [1.807, 2.05) is 28.5 Å². The Hall–Kier alpha value is -1.46. The third-order valence-corrected chi connectivity index (χ3v) is 5.68. The van der Waals surface area contributed by atoms with Crippen molar-refractivity contribution in [1.29, 1.82) is 0 Å². The summed E-state index contributed by atoms with van der Waals surface area (Å²) in [5, 5.41) is 2.05. The summed E-state index contributed by atoms with van der Waals surface area (Å²) >= 11 is 5.05. The number of benzene rings is 1. The Kier molecular flexibility index (Phi) is 5.28. The van der Waals surface area contributed by atoms with Gasteiger partial charge >= 0.3 is 0 Å². The molecule has 2 aromatic rings. The predicted octanol–water partition coefficient (Wildman–Crippen LogP) is 4.84. The average molecular weight is 392 g/mol. The lowest BCUT2D eigenvalue weighted by molar-refractivity contribution is -0.132. The summed E-state index contributed by atoms with van der Waals surface area (Å²) in [6.45, 7) is 0.799. The highest BCUT2D eigenvalue weighted by Gasteiger charge is 2.30. The zero-order valence-corrected chi connectivity index (χ0v) is 15.1. The van der Waals surface area contributed by atoms with Crippen molar-refractivity contribution in [3.05, 3.63) is 56.7 Å². The molecule has 1 aliphatic heterocycles. The highest BCUT2D eigenvalue weighted by molar-refractivity contribution is 9.10. The largest absolute Gasteiger partial charge is 0.335 e. The molecule has 1 aliphatic rings. The molecule has 120 valence electrons. The van der Waals surface area contributed by atoms with Gasteiger partial charge in [0.1, 0.15) is 0 Å². The maximum Gasteiger partial charge on any atom is 0.223 e. The Labute approximate surface area is 148 Å². The van der Waals surface area contributed by atoms with E-state index >= 15 is 0 Å². The molecule has 0 aliphatic carbocycles. The van der Waals surface area contributed by atoms with Gasteiger partial charge in [0.25, 0.3) is 0 Å². The first kappa shape index (κ1) is 16.4. The van der Waals surface area contributed by atoms with Crippen molar-refractivity contribution in [2.45, 2.75) is 31.7 Å². The van der Waals surface area contributed by atoms with Crippen molar-refractivity contribution in [3.63, 3.8) is 0 Å². The van der Waals surface area contributed by atoms with Crippen LogP contribution in [0.25, 0.3) is 0 Å².